The number of aromatic hydroxyl groups is 2. The molecule has 0 saturated heterocycles. The van der Waals surface area contributed by atoms with Crippen LogP contribution in [0.4, 0.5) is 0 Å². The predicted molar refractivity (Wildman–Crippen MR) is 85.5 cm³/mol. The second-order valence-corrected chi connectivity index (χ2v) is 5.43. The first-order chi connectivity index (χ1) is 10.5. The van der Waals surface area contributed by atoms with E-state index >= 15 is 0 Å². The smallest absolute Gasteiger partial charge is 0.211 e. The number of rotatable bonds is 2. The Kier molecular flexibility index (Phi) is 3.54. The van der Waals surface area contributed by atoms with Gasteiger partial charge < -0.3 is 19.4 Å². The Bertz CT molecular complexity index is 912. The van der Waals surface area contributed by atoms with Crippen LogP contribution in [0.5, 0.6) is 17.2 Å². The van der Waals surface area contributed by atoms with Gasteiger partial charge in [0.15, 0.2) is 5.76 Å². The van der Waals surface area contributed by atoms with Crippen LogP contribution in [0, 0.1) is 0 Å². The highest BCUT2D eigenvalue weighted by atomic mass is 79.9. The van der Waals surface area contributed by atoms with E-state index in [0.29, 0.717) is 17.1 Å². The van der Waals surface area contributed by atoms with E-state index < -0.39 is 5.43 Å². The Morgan fingerprint density at radius 3 is 2.45 bits per heavy atom. The topological polar surface area (TPSA) is 79.9 Å². The van der Waals surface area contributed by atoms with Crippen LogP contribution in [0.1, 0.15) is 0 Å². The lowest BCUT2D eigenvalue weighted by molar-refractivity contribution is 0.415. The van der Waals surface area contributed by atoms with Gasteiger partial charge in [-0.25, -0.2) is 0 Å². The summed E-state index contributed by atoms with van der Waals surface area (Å²) >= 11 is 3.22. The van der Waals surface area contributed by atoms with E-state index in [1.54, 1.807) is 31.4 Å². The molecule has 2 N–H and O–H groups in total. The van der Waals surface area contributed by atoms with Crippen molar-refractivity contribution in [1.82, 2.24) is 0 Å². The minimum absolute atomic E-state index is 0.0157. The Morgan fingerprint density at radius 2 is 1.82 bits per heavy atom. The van der Waals surface area contributed by atoms with Crippen molar-refractivity contribution in [1.29, 1.82) is 0 Å². The van der Waals surface area contributed by atoms with Crippen LogP contribution in [0.2, 0.25) is 0 Å². The van der Waals surface area contributed by atoms with E-state index in [1.165, 1.54) is 6.07 Å². The van der Waals surface area contributed by atoms with Crippen molar-refractivity contribution < 1.29 is 19.4 Å². The normalized spacial score (nSPS) is 10.8. The maximum Gasteiger partial charge on any atom is 0.211 e. The Hall–Kier alpha value is -2.47. The van der Waals surface area contributed by atoms with Gasteiger partial charge in [0.05, 0.1) is 7.11 Å². The quantitative estimate of drug-likeness (QED) is 0.727. The third kappa shape index (κ3) is 2.31. The van der Waals surface area contributed by atoms with Crippen LogP contribution in [0.3, 0.4) is 0 Å². The second-order valence-electron chi connectivity index (χ2n) is 4.64. The maximum atomic E-state index is 12.4. The van der Waals surface area contributed by atoms with Gasteiger partial charge in [0.1, 0.15) is 32.7 Å². The number of phenolic OH excluding ortho intramolecular Hbond substituents is 2. The monoisotopic (exact) mass is 362 g/mol. The summed E-state index contributed by atoms with van der Waals surface area (Å²) in [6, 6.07) is 9.36. The molecule has 1 heterocycles. The zero-order valence-electron chi connectivity index (χ0n) is 11.5. The molecule has 3 aromatic rings. The van der Waals surface area contributed by atoms with Crippen LogP contribution in [-0.4, -0.2) is 17.3 Å². The van der Waals surface area contributed by atoms with Crippen LogP contribution < -0.4 is 10.2 Å². The molecule has 112 valence electrons. The molecule has 1 aromatic heterocycles. The van der Waals surface area contributed by atoms with Gasteiger partial charge in [0.25, 0.3) is 0 Å². The van der Waals surface area contributed by atoms with Crippen molar-refractivity contribution in [2.75, 3.05) is 7.11 Å². The summed E-state index contributed by atoms with van der Waals surface area (Å²) in [7, 11) is 1.56. The van der Waals surface area contributed by atoms with Crippen molar-refractivity contribution in [3.8, 4) is 28.6 Å². The predicted octanol–water partition coefficient (Wildman–Crippen LogP) is 3.64. The number of ether oxygens (including phenoxy) is 1. The Labute approximate surface area is 133 Å². The summed E-state index contributed by atoms with van der Waals surface area (Å²) in [4.78, 5) is 12.4. The van der Waals surface area contributed by atoms with Crippen molar-refractivity contribution in [2.45, 2.75) is 0 Å². The molecule has 0 aliphatic rings. The molecule has 0 radical (unpaired) electrons. The molecule has 3 rings (SSSR count). The first-order valence-corrected chi connectivity index (χ1v) is 7.13. The van der Waals surface area contributed by atoms with Crippen LogP contribution in [-0.2, 0) is 0 Å². The van der Waals surface area contributed by atoms with Gasteiger partial charge in [-0.3, -0.25) is 4.79 Å². The molecule has 0 spiro atoms. The standard InChI is InChI=1S/C16H11BrO5/c1-21-10-4-2-8(3-5-10)16-14(17)15(20)13-11(19)6-9(18)7-12(13)22-16/h2-7,18-19H,1H3. The van der Waals surface area contributed by atoms with Gasteiger partial charge >= 0.3 is 0 Å². The van der Waals surface area contributed by atoms with Gasteiger partial charge in [-0.05, 0) is 40.2 Å². The lowest BCUT2D eigenvalue weighted by atomic mass is 10.1. The lowest BCUT2D eigenvalue weighted by Crippen LogP contribution is -2.04. The van der Waals surface area contributed by atoms with Crippen LogP contribution in [0.25, 0.3) is 22.3 Å². The first kappa shape index (κ1) is 14.5. The van der Waals surface area contributed by atoms with Crippen molar-refractivity contribution in [3.05, 3.63) is 51.1 Å². The first-order valence-electron chi connectivity index (χ1n) is 6.34. The van der Waals surface area contributed by atoms with E-state index in [4.69, 9.17) is 9.15 Å². The number of hydrogen-bond acceptors (Lipinski definition) is 5. The molecule has 0 fully saturated rings. The molecule has 0 saturated carbocycles. The molecule has 0 atom stereocenters. The minimum atomic E-state index is -0.412. The zero-order valence-corrected chi connectivity index (χ0v) is 13.0. The average Bonchev–Trinajstić information content (AvgIpc) is 2.50. The van der Waals surface area contributed by atoms with Gasteiger partial charge in [-0.15, -0.1) is 0 Å². The van der Waals surface area contributed by atoms with E-state index in [2.05, 4.69) is 15.9 Å². The lowest BCUT2D eigenvalue weighted by Gasteiger charge is -2.08. The van der Waals surface area contributed by atoms with Crippen molar-refractivity contribution in [3.63, 3.8) is 0 Å². The number of phenols is 2. The van der Waals surface area contributed by atoms with Gasteiger partial charge in [-0.1, -0.05) is 0 Å². The van der Waals surface area contributed by atoms with Crippen molar-refractivity contribution in [2.24, 2.45) is 0 Å². The fraction of sp³-hybridized carbons (Fsp3) is 0.0625. The highest BCUT2D eigenvalue weighted by molar-refractivity contribution is 9.10. The Morgan fingerprint density at radius 1 is 1.14 bits per heavy atom. The number of halogens is 1. The molecular formula is C16H11BrO5. The number of benzene rings is 2. The zero-order chi connectivity index (χ0) is 15.9. The Balaban J connectivity index is 2.30. The summed E-state index contributed by atoms with van der Waals surface area (Å²) in [5, 5.41) is 19.4. The van der Waals surface area contributed by atoms with Crippen LogP contribution >= 0.6 is 15.9 Å². The number of fused-ring (bicyclic) bond motifs is 1. The molecule has 0 aliphatic carbocycles. The summed E-state index contributed by atoms with van der Waals surface area (Å²) in [6.07, 6.45) is 0. The summed E-state index contributed by atoms with van der Waals surface area (Å²) in [6.45, 7) is 0. The SMILES string of the molecule is COc1ccc(-c2oc3cc(O)cc(O)c3c(=O)c2Br)cc1. The van der Waals surface area contributed by atoms with Gasteiger partial charge in [-0.2, -0.15) is 0 Å². The summed E-state index contributed by atoms with van der Waals surface area (Å²) in [5.41, 5.74) is 0.357. The van der Waals surface area contributed by atoms with Gasteiger partial charge in [0, 0.05) is 17.7 Å². The number of methoxy groups -OCH3 is 1. The summed E-state index contributed by atoms with van der Waals surface area (Å²) in [5.74, 6) is 0.477. The van der Waals surface area contributed by atoms with E-state index in [0.717, 1.165) is 6.07 Å². The number of hydrogen-bond donors (Lipinski definition) is 2. The highest BCUT2D eigenvalue weighted by Gasteiger charge is 2.17. The fourth-order valence-electron chi connectivity index (χ4n) is 2.19. The largest absolute Gasteiger partial charge is 0.508 e. The second kappa shape index (κ2) is 5.38. The fourth-order valence-corrected chi connectivity index (χ4v) is 2.70. The highest BCUT2D eigenvalue weighted by Crippen LogP contribution is 2.34. The van der Waals surface area contributed by atoms with E-state index in [1.807, 2.05) is 0 Å². The molecule has 5 nitrogen and oxygen atoms in total. The van der Waals surface area contributed by atoms with E-state index in [-0.39, 0.29) is 26.9 Å². The molecule has 0 amide bonds. The van der Waals surface area contributed by atoms with Crippen LogP contribution in [0.15, 0.2) is 50.1 Å². The average molecular weight is 363 g/mol. The molecule has 0 unspecified atom stereocenters. The molecule has 0 aliphatic heterocycles. The molecule has 6 heteroatoms. The third-order valence-electron chi connectivity index (χ3n) is 3.26. The minimum Gasteiger partial charge on any atom is -0.508 e. The van der Waals surface area contributed by atoms with Gasteiger partial charge in [0.2, 0.25) is 5.43 Å². The molecule has 2 aromatic carbocycles. The third-order valence-corrected chi connectivity index (χ3v) is 3.98. The van der Waals surface area contributed by atoms with E-state index in [9.17, 15) is 15.0 Å². The molecular weight excluding hydrogens is 352 g/mol. The maximum absolute atomic E-state index is 12.4. The summed E-state index contributed by atoms with van der Waals surface area (Å²) < 4.78 is 11.0. The molecule has 0 bridgehead atoms. The molecule has 22 heavy (non-hydrogen) atoms. The van der Waals surface area contributed by atoms with Crippen molar-refractivity contribution >= 4 is 26.9 Å².